The van der Waals surface area contributed by atoms with Crippen LogP contribution in [0.3, 0.4) is 0 Å². The van der Waals surface area contributed by atoms with Gasteiger partial charge >= 0.3 is 0 Å². The van der Waals surface area contributed by atoms with Crippen LogP contribution in [0.1, 0.15) is 22.2 Å². The Morgan fingerprint density at radius 2 is 2.08 bits per heavy atom. The molecule has 0 spiro atoms. The van der Waals surface area contributed by atoms with E-state index in [0.29, 0.717) is 5.70 Å². The van der Waals surface area contributed by atoms with Crippen molar-refractivity contribution < 1.29 is 6.22 Å². The van der Waals surface area contributed by atoms with E-state index in [1.165, 1.54) is 13.0 Å². The van der Waals surface area contributed by atoms with Crippen molar-refractivity contribution in [2.75, 3.05) is 0 Å². The molecule has 0 rings (SSSR count). The van der Waals surface area contributed by atoms with Crippen molar-refractivity contribution in [2.24, 2.45) is 0 Å². The van der Waals surface area contributed by atoms with E-state index in [-0.39, 0.29) is 7.33 Å². The molecule has 0 fully saturated rings. The second kappa shape index (κ2) is 9.62. The van der Waals surface area contributed by atoms with Crippen LogP contribution in [0.4, 0.5) is 0 Å². The average Bonchev–Trinajstić information content (AvgIpc) is 2.07. The summed E-state index contributed by atoms with van der Waals surface area (Å²) in [6, 6.07) is 0. The molecule has 0 aliphatic carbocycles. The number of carbonyl (C=O) groups is 1. The van der Waals surface area contributed by atoms with Crippen molar-refractivity contribution in [1.82, 2.24) is 5.32 Å². The van der Waals surface area contributed by atoms with E-state index in [1.54, 1.807) is 6.08 Å². The lowest BCUT2D eigenvalue weighted by Gasteiger charge is -1.97. The number of rotatable bonds is 3. The molecule has 1 amide bonds. The van der Waals surface area contributed by atoms with Crippen molar-refractivity contribution >= 4 is 12.1 Å². The van der Waals surface area contributed by atoms with E-state index < -0.39 is 0 Å². The molecular formula is C9H18N2O. The van der Waals surface area contributed by atoms with Gasteiger partial charge in [-0.25, -0.2) is 0 Å². The Morgan fingerprint density at radius 1 is 1.58 bits per heavy atom. The van der Waals surface area contributed by atoms with Crippen molar-refractivity contribution in [3.8, 4) is 0 Å². The Balaban J connectivity index is -0.000000309. The average molecular weight is 170 g/mol. The van der Waals surface area contributed by atoms with E-state index in [4.69, 9.17) is 5.41 Å². The molecule has 0 radical (unpaired) electrons. The summed E-state index contributed by atoms with van der Waals surface area (Å²) in [5.74, 6) is -0.184. The Kier molecular flexibility index (Phi) is 10.6. The third-order valence-electron chi connectivity index (χ3n) is 0.773. The van der Waals surface area contributed by atoms with Gasteiger partial charge in [0.05, 0.1) is 5.70 Å². The quantitative estimate of drug-likeness (QED) is 0.494. The normalized spacial score (nSPS) is 9.08. The van der Waals surface area contributed by atoms with Gasteiger partial charge in [-0.2, -0.15) is 0 Å². The highest BCUT2D eigenvalue weighted by molar-refractivity contribution is 5.85. The molecule has 12 heavy (non-hydrogen) atoms. The summed E-state index contributed by atoms with van der Waals surface area (Å²) in [4.78, 5) is 10.4. The minimum absolute atomic E-state index is 0. The van der Waals surface area contributed by atoms with E-state index in [9.17, 15) is 4.79 Å². The molecule has 0 aliphatic rings. The zero-order valence-electron chi connectivity index (χ0n) is 7.85. The van der Waals surface area contributed by atoms with Gasteiger partial charge in [0.25, 0.3) is 0 Å². The van der Waals surface area contributed by atoms with Crippen LogP contribution in [-0.4, -0.2) is 12.1 Å². The standard InChI is InChI=1S/C7H10N2O.C2H6.H2/c1-3-4-7(5-8)9-6(2)10;1-2;/h3-5,8H,1H2,2H3,(H,9,10);1-2H3;1H/b7-4+,8-5?;;. The van der Waals surface area contributed by atoms with Crippen molar-refractivity contribution in [2.45, 2.75) is 20.8 Å². The van der Waals surface area contributed by atoms with Gasteiger partial charge in [0.15, 0.2) is 0 Å². The van der Waals surface area contributed by atoms with Gasteiger partial charge in [0.1, 0.15) is 0 Å². The molecule has 0 heterocycles. The maximum Gasteiger partial charge on any atom is 0.221 e. The van der Waals surface area contributed by atoms with Gasteiger partial charge < -0.3 is 10.7 Å². The monoisotopic (exact) mass is 170 g/mol. The number of allylic oxidation sites excluding steroid dienone is 3. The van der Waals surface area contributed by atoms with Crippen LogP contribution < -0.4 is 5.32 Å². The first-order valence-electron chi connectivity index (χ1n) is 3.81. The van der Waals surface area contributed by atoms with Gasteiger partial charge in [-0.05, 0) is 6.08 Å². The maximum atomic E-state index is 10.4. The fourth-order valence-corrected chi connectivity index (χ4v) is 0.456. The van der Waals surface area contributed by atoms with Crippen LogP contribution in [0, 0.1) is 5.41 Å². The van der Waals surface area contributed by atoms with Crippen LogP contribution in [0.2, 0.25) is 0 Å². The zero-order chi connectivity index (χ0) is 9.98. The Bertz CT molecular complexity index is 188. The van der Waals surface area contributed by atoms with E-state index in [1.807, 2.05) is 13.8 Å². The number of carbonyl (C=O) groups excluding carboxylic acids is 1. The smallest absolute Gasteiger partial charge is 0.221 e. The minimum atomic E-state index is -0.184. The van der Waals surface area contributed by atoms with Gasteiger partial charge in [0.2, 0.25) is 5.91 Å². The van der Waals surface area contributed by atoms with E-state index in [0.717, 1.165) is 6.21 Å². The fraction of sp³-hybridized carbons (Fsp3) is 0.333. The van der Waals surface area contributed by atoms with E-state index in [2.05, 4.69) is 11.9 Å². The zero-order valence-corrected chi connectivity index (χ0v) is 7.85. The minimum Gasteiger partial charge on any atom is -0.325 e. The second-order valence-corrected chi connectivity index (χ2v) is 1.68. The number of hydrogen-bond donors (Lipinski definition) is 2. The first-order chi connectivity index (χ1) is 5.70. The van der Waals surface area contributed by atoms with Gasteiger partial charge in [-0.15, -0.1) is 0 Å². The summed E-state index contributed by atoms with van der Waals surface area (Å²) in [5.41, 5.74) is 0.447. The number of amides is 1. The summed E-state index contributed by atoms with van der Waals surface area (Å²) in [5, 5.41) is 9.24. The molecule has 0 aromatic rings. The molecule has 0 saturated heterocycles. The molecular weight excluding hydrogens is 152 g/mol. The summed E-state index contributed by atoms with van der Waals surface area (Å²) >= 11 is 0. The summed E-state index contributed by atoms with van der Waals surface area (Å²) in [6.45, 7) is 8.81. The molecule has 0 saturated carbocycles. The van der Waals surface area contributed by atoms with Gasteiger partial charge in [-0.1, -0.05) is 26.5 Å². The van der Waals surface area contributed by atoms with Crippen LogP contribution in [0.5, 0.6) is 0 Å². The molecule has 0 aliphatic heterocycles. The Labute approximate surface area is 75.2 Å². The first-order valence-corrected chi connectivity index (χ1v) is 3.81. The highest BCUT2D eigenvalue weighted by atomic mass is 16.1. The molecule has 0 aromatic heterocycles. The van der Waals surface area contributed by atoms with Crippen molar-refractivity contribution in [1.29, 1.82) is 5.41 Å². The van der Waals surface area contributed by atoms with Crippen LogP contribution in [-0.2, 0) is 4.79 Å². The lowest BCUT2D eigenvalue weighted by molar-refractivity contribution is -0.118. The molecule has 70 valence electrons. The number of hydrogen-bond acceptors (Lipinski definition) is 2. The molecule has 0 bridgehead atoms. The van der Waals surface area contributed by atoms with Gasteiger partial charge in [0, 0.05) is 14.6 Å². The van der Waals surface area contributed by atoms with Gasteiger partial charge in [-0.3, -0.25) is 4.79 Å². The van der Waals surface area contributed by atoms with Crippen molar-refractivity contribution in [3.05, 3.63) is 24.4 Å². The Hall–Kier alpha value is -1.38. The predicted molar refractivity (Wildman–Crippen MR) is 54.3 cm³/mol. The number of nitrogens with one attached hydrogen (secondary N) is 2. The largest absolute Gasteiger partial charge is 0.325 e. The highest BCUT2D eigenvalue weighted by Crippen LogP contribution is 1.83. The molecule has 2 N–H and O–H groups in total. The highest BCUT2D eigenvalue weighted by Gasteiger charge is 1.91. The third-order valence-corrected chi connectivity index (χ3v) is 0.773. The SMILES string of the molecule is C=C/C=C(\C=N)NC(C)=O.CC.[HH]. The second-order valence-electron chi connectivity index (χ2n) is 1.68. The third kappa shape index (κ3) is 8.62. The van der Waals surface area contributed by atoms with E-state index >= 15 is 0 Å². The lowest BCUT2D eigenvalue weighted by Crippen LogP contribution is -2.19. The van der Waals surface area contributed by atoms with Crippen LogP contribution in [0.25, 0.3) is 0 Å². The maximum absolute atomic E-state index is 10.4. The first kappa shape index (κ1) is 13.2. The van der Waals surface area contributed by atoms with Crippen LogP contribution >= 0.6 is 0 Å². The van der Waals surface area contributed by atoms with Crippen molar-refractivity contribution in [3.63, 3.8) is 0 Å². The Morgan fingerprint density at radius 3 is 2.33 bits per heavy atom. The fourth-order valence-electron chi connectivity index (χ4n) is 0.456. The molecule has 0 aromatic carbocycles. The summed E-state index contributed by atoms with van der Waals surface area (Å²) in [6.07, 6.45) is 4.12. The molecule has 0 atom stereocenters. The summed E-state index contributed by atoms with van der Waals surface area (Å²) in [7, 11) is 0. The molecule has 3 nitrogen and oxygen atoms in total. The molecule has 0 unspecified atom stereocenters. The lowest BCUT2D eigenvalue weighted by atomic mass is 10.4. The predicted octanol–water partition coefficient (Wildman–Crippen LogP) is 2.11. The summed E-state index contributed by atoms with van der Waals surface area (Å²) < 4.78 is 0. The van der Waals surface area contributed by atoms with Crippen LogP contribution in [0.15, 0.2) is 24.4 Å². The topological polar surface area (TPSA) is 53.0 Å². The molecule has 3 heteroatoms.